The van der Waals surface area contributed by atoms with Gasteiger partial charge in [-0.25, -0.2) is 17.6 Å². The van der Waals surface area contributed by atoms with Crippen LogP contribution in [-0.2, 0) is 0 Å². The smallest absolute Gasteiger partial charge is 0.185 e. The molecule has 0 aromatic heterocycles. The van der Waals surface area contributed by atoms with Gasteiger partial charge < -0.3 is 5.73 Å². The zero-order valence-corrected chi connectivity index (χ0v) is 6.43. The predicted octanol–water partition coefficient (Wildman–Crippen LogP) is 2.77. The Kier molecular flexibility index (Phi) is 2.48. The maximum atomic E-state index is 12.8. The molecule has 0 saturated carbocycles. The first-order valence-corrected chi connectivity index (χ1v) is 3.17. The van der Waals surface area contributed by atoms with Crippen LogP contribution in [0.1, 0.15) is 0 Å². The molecule has 0 unspecified atom stereocenters. The Balaban J connectivity index is 3.67. The highest BCUT2D eigenvalue weighted by Crippen LogP contribution is 2.31. The summed E-state index contributed by atoms with van der Waals surface area (Å²) in [7, 11) is 0. The summed E-state index contributed by atoms with van der Waals surface area (Å²) < 4.78 is 50.9. The number of benzene rings is 1. The highest BCUT2D eigenvalue weighted by molar-refractivity contribution is 5.53. The van der Waals surface area contributed by atoms with Crippen LogP contribution in [0.15, 0.2) is 5.11 Å². The Morgan fingerprint density at radius 2 is 1.43 bits per heavy atom. The van der Waals surface area contributed by atoms with Gasteiger partial charge in [0.2, 0.25) is 0 Å². The summed E-state index contributed by atoms with van der Waals surface area (Å²) in [6, 6.07) is 0. The molecule has 1 rings (SSSR count). The SMILES string of the molecule is [N-]=[N+]=Nc1c(F)c(F)c(N)c(F)c1F. The molecule has 0 bridgehead atoms. The van der Waals surface area contributed by atoms with Gasteiger partial charge in [0.15, 0.2) is 23.3 Å². The third kappa shape index (κ3) is 1.31. The van der Waals surface area contributed by atoms with Crippen LogP contribution in [0.25, 0.3) is 10.4 Å². The van der Waals surface area contributed by atoms with E-state index in [4.69, 9.17) is 5.53 Å². The molecule has 8 heteroatoms. The van der Waals surface area contributed by atoms with Crippen LogP contribution in [0.3, 0.4) is 0 Å². The second kappa shape index (κ2) is 3.43. The fraction of sp³-hybridized carbons (Fsp3) is 0. The number of hydrogen-bond acceptors (Lipinski definition) is 2. The molecule has 0 aliphatic carbocycles. The molecule has 14 heavy (non-hydrogen) atoms. The standard InChI is InChI=1S/C6H2F4N4/c7-1-3(9)6(13-14-12)4(10)2(8)5(1)11/h11H2. The van der Waals surface area contributed by atoms with Crippen molar-refractivity contribution < 1.29 is 17.6 Å². The van der Waals surface area contributed by atoms with Crippen molar-refractivity contribution in [1.29, 1.82) is 0 Å². The van der Waals surface area contributed by atoms with Crippen LogP contribution in [0.5, 0.6) is 0 Å². The summed E-state index contributed by atoms with van der Waals surface area (Å²) in [5, 5.41) is 2.46. The van der Waals surface area contributed by atoms with Crippen LogP contribution >= 0.6 is 0 Å². The summed E-state index contributed by atoms with van der Waals surface area (Å²) in [6.07, 6.45) is 0. The van der Waals surface area contributed by atoms with E-state index in [0.29, 0.717) is 0 Å². The highest BCUT2D eigenvalue weighted by atomic mass is 19.2. The zero-order chi connectivity index (χ0) is 10.9. The van der Waals surface area contributed by atoms with E-state index in [0.717, 1.165) is 0 Å². The quantitative estimate of drug-likeness (QED) is 0.188. The predicted molar refractivity (Wildman–Crippen MR) is 39.5 cm³/mol. The molecule has 0 heterocycles. The van der Waals surface area contributed by atoms with Crippen LogP contribution in [0, 0.1) is 23.3 Å². The average Bonchev–Trinajstić information content (AvgIpc) is 2.19. The lowest BCUT2D eigenvalue weighted by atomic mass is 10.2. The molecular formula is C6H2F4N4. The molecule has 1 aromatic rings. The van der Waals surface area contributed by atoms with Crippen LogP contribution in [0.2, 0.25) is 0 Å². The van der Waals surface area contributed by atoms with Crippen molar-refractivity contribution in [3.05, 3.63) is 33.7 Å². The molecule has 0 radical (unpaired) electrons. The number of nitrogens with zero attached hydrogens (tertiary/aromatic N) is 3. The van der Waals surface area contributed by atoms with Crippen molar-refractivity contribution in [1.82, 2.24) is 0 Å². The van der Waals surface area contributed by atoms with E-state index >= 15 is 0 Å². The third-order valence-corrected chi connectivity index (χ3v) is 1.42. The number of anilines is 1. The van der Waals surface area contributed by atoms with E-state index in [1.54, 1.807) is 0 Å². The first-order valence-electron chi connectivity index (χ1n) is 3.17. The fourth-order valence-corrected chi connectivity index (χ4v) is 0.770. The van der Waals surface area contributed by atoms with Crippen LogP contribution in [-0.4, -0.2) is 0 Å². The van der Waals surface area contributed by atoms with Gasteiger partial charge in [-0.3, -0.25) is 0 Å². The molecule has 0 aliphatic rings. The van der Waals surface area contributed by atoms with Gasteiger partial charge in [0.05, 0.1) is 0 Å². The van der Waals surface area contributed by atoms with Crippen LogP contribution in [0.4, 0.5) is 28.9 Å². The monoisotopic (exact) mass is 206 g/mol. The normalized spacial score (nSPS) is 9.71. The van der Waals surface area contributed by atoms with E-state index in [1.807, 2.05) is 4.91 Å². The molecule has 0 atom stereocenters. The summed E-state index contributed by atoms with van der Waals surface area (Å²) in [5.74, 6) is -7.21. The number of halogens is 4. The van der Waals surface area contributed by atoms with Crippen molar-refractivity contribution >= 4 is 11.4 Å². The molecular weight excluding hydrogens is 204 g/mol. The van der Waals surface area contributed by atoms with Crippen molar-refractivity contribution in [2.45, 2.75) is 0 Å². The Morgan fingerprint density at radius 1 is 1.00 bits per heavy atom. The van der Waals surface area contributed by atoms with Gasteiger partial charge in [0.25, 0.3) is 0 Å². The van der Waals surface area contributed by atoms with Crippen molar-refractivity contribution in [2.75, 3.05) is 5.73 Å². The number of hydrogen-bond donors (Lipinski definition) is 1. The second-order valence-electron chi connectivity index (χ2n) is 2.21. The minimum Gasteiger partial charge on any atom is -0.394 e. The molecule has 0 amide bonds. The molecule has 4 nitrogen and oxygen atoms in total. The van der Waals surface area contributed by atoms with E-state index in [9.17, 15) is 17.6 Å². The van der Waals surface area contributed by atoms with Gasteiger partial charge in [-0.2, -0.15) is 0 Å². The largest absolute Gasteiger partial charge is 0.394 e. The number of rotatable bonds is 1. The molecule has 0 aliphatic heterocycles. The maximum Gasteiger partial charge on any atom is 0.185 e. The Morgan fingerprint density at radius 3 is 1.79 bits per heavy atom. The van der Waals surface area contributed by atoms with Gasteiger partial charge >= 0.3 is 0 Å². The minimum atomic E-state index is -1.82. The third-order valence-electron chi connectivity index (χ3n) is 1.42. The minimum absolute atomic E-state index is 1.29. The Bertz CT molecular complexity index is 409. The summed E-state index contributed by atoms with van der Waals surface area (Å²) in [4.78, 5) is 2.01. The summed E-state index contributed by atoms with van der Waals surface area (Å²) in [5.41, 5.74) is 9.88. The molecule has 0 fully saturated rings. The van der Waals surface area contributed by atoms with Crippen molar-refractivity contribution in [3.8, 4) is 0 Å². The lowest BCUT2D eigenvalue weighted by molar-refractivity contribution is 0.463. The number of azide groups is 1. The average molecular weight is 206 g/mol. The Labute approximate surface area is 74.6 Å². The van der Waals surface area contributed by atoms with Crippen LogP contribution < -0.4 is 5.73 Å². The van der Waals surface area contributed by atoms with Crippen molar-refractivity contribution in [3.63, 3.8) is 0 Å². The first-order chi connectivity index (χ1) is 6.50. The highest BCUT2D eigenvalue weighted by Gasteiger charge is 2.22. The molecule has 74 valence electrons. The number of nitrogen functional groups attached to an aromatic ring is 1. The first kappa shape index (κ1) is 10.1. The molecule has 2 N–H and O–H groups in total. The van der Waals surface area contributed by atoms with Gasteiger partial charge in [0, 0.05) is 4.91 Å². The van der Waals surface area contributed by atoms with Gasteiger partial charge in [-0.1, -0.05) is 5.11 Å². The van der Waals surface area contributed by atoms with E-state index in [-0.39, 0.29) is 0 Å². The lowest BCUT2D eigenvalue weighted by Gasteiger charge is -2.04. The summed E-state index contributed by atoms with van der Waals surface area (Å²) >= 11 is 0. The maximum absolute atomic E-state index is 12.8. The Hall–Kier alpha value is -1.95. The van der Waals surface area contributed by atoms with Crippen molar-refractivity contribution in [2.24, 2.45) is 5.11 Å². The second-order valence-corrected chi connectivity index (χ2v) is 2.21. The van der Waals surface area contributed by atoms with E-state index in [2.05, 4.69) is 10.8 Å². The molecule has 1 aromatic carbocycles. The molecule has 0 saturated heterocycles. The summed E-state index contributed by atoms with van der Waals surface area (Å²) in [6.45, 7) is 0. The topological polar surface area (TPSA) is 74.8 Å². The van der Waals surface area contributed by atoms with Gasteiger partial charge in [-0.15, -0.1) is 0 Å². The fourth-order valence-electron chi connectivity index (χ4n) is 0.770. The number of nitrogens with two attached hydrogens (primary N) is 1. The molecule has 0 spiro atoms. The van der Waals surface area contributed by atoms with Gasteiger partial charge in [-0.05, 0) is 5.53 Å². The van der Waals surface area contributed by atoms with E-state index < -0.39 is 34.6 Å². The lowest BCUT2D eigenvalue weighted by Crippen LogP contribution is -2.02. The zero-order valence-electron chi connectivity index (χ0n) is 6.43. The van der Waals surface area contributed by atoms with Gasteiger partial charge in [0.1, 0.15) is 11.4 Å². The van der Waals surface area contributed by atoms with E-state index in [1.165, 1.54) is 0 Å².